The fourth-order valence-electron chi connectivity index (χ4n) is 1.88. The van der Waals surface area contributed by atoms with Crippen LogP contribution in [-0.4, -0.2) is 40.3 Å². The van der Waals surface area contributed by atoms with Crippen LogP contribution in [0.25, 0.3) is 0 Å². The van der Waals surface area contributed by atoms with Crippen LogP contribution >= 0.6 is 12.4 Å². The summed E-state index contributed by atoms with van der Waals surface area (Å²) in [5.74, 6) is 0. The van der Waals surface area contributed by atoms with Gasteiger partial charge in [0.25, 0.3) is 0 Å². The van der Waals surface area contributed by atoms with E-state index in [9.17, 15) is 0 Å². The Morgan fingerprint density at radius 2 is 1.35 bits per heavy atom. The number of unbranched alkanes of at least 4 members (excludes halogenated alkanes) is 2. The van der Waals surface area contributed by atoms with Crippen LogP contribution in [-0.2, 0) is 3.80 Å². The predicted octanol–water partition coefficient (Wildman–Crippen LogP) is 4.00. The molecule has 2 nitrogen and oxygen atoms in total. The molecule has 17 heavy (non-hydrogen) atoms. The van der Waals surface area contributed by atoms with E-state index in [0.717, 1.165) is 6.04 Å². The third-order valence-electron chi connectivity index (χ3n) is 2.93. The first-order valence-electron chi connectivity index (χ1n) is 6.73. The Morgan fingerprint density at radius 1 is 0.941 bits per heavy atom. The molecule has 0 aromatic heterocycles. The van der Waals surface area contributed by atoms with Crippen LogP contribution in [0.15, 0.2) is 0 Å². The van der Waals surface area contributed by atoms with Crippen molar-refractivity contribution in [1.82, 2.24) is 4.90 Å². The Kier molecular flexibility index (Phi) is 25.3. The van der Waals surface area contributed by atoms with Crippen LogP contribution in [0.3, 0.4) is 0 Å². The van der Waals surface area contributed by atoms with Crippen molar-refractivity contribution in [2.24, 2.45) is 0 Å². The molecule has 0 amide bonds. The number of hydrogen-bond acceptors (Lipinski definition) is 2. The second kappa shape index (κ2) is 18.9. The number of nitrogens with zero attached hydrogens (tertiary/aromatic N) is 1. The molecule has 103 valence electrons. The molecule has 0 aliphatic heterocycles. The van der Waals surface area contributed by atoms with Crippen molar-refractivity contribution in [3.63, 3.8) is 0 Å². The Hall–Kier alpha value is 0.582. The minimum atomic E-state index is 0. The normalized spacial score (nSPS) is 11.3. The number of rotatable bonds is 9. The van der Waals surface area contributed by atoms with Gasteiger partial charge >= 0.3 is 20.0 Å². The van der Waals surface area contributed by atoms with Crippen LogP contribution in [0.4, 0.5) is 0 Å². The van der Waals surface area contributed by atoms with Gasteiger partial charge in [0.15, 0.2) is 0 Å². The summed E-state index contributed by atoms with van der Waals surface area (Å²) >= 11 is 1.17. The van der Waals surface area contributed by atoms with E-state index in [2.05, 4.69) is 32.6 Å². The van der Waals surface area contributed by atoms with Crippen LogP contribution in [0.1, 0.15) is 66.2 Å². The minimum absolute atomic E-state index is 0. The molecular weight excluding hydrogens is 249 g/mol. The van der Waals surface area contributed by atoms with Gasteiger partial charge in [0.2, 0.25) is 0 Å². The molecule has 0 heterocycles. The van der Waals surface area contributed by atoms with Gasteiger partial charge in [-0.25, -0.2) is 0 Å². The third-order valence-corrected chi connectivity index (χ3v) is 2.93. The molecule has 1 unspecified atom stereocenters. The zero-order valence-corrected chi connectivity index (χ0v) is 14.0. The number of hydrogen-bond donors (Lipinski definition) is 0. The molecule has 0 aliphatic rings. The first kappa shape index (κ1) is 22.7. The van der Waals surface area contributed by atoms with E-state index in [1.54, 1.807) is 0 Å². The van der Waals surface area contributed by atoms with E-state index in [1.165, 1.54) is 67.8 Å². The topological polar surface area (TPSA) is 20.3 Å². The van der Waals surface area contributed by atoms with Crippen molar-refractivity contribution in [3.05, 3.63) is 0 Å². The molecule has 0 bridgehead atoms. The average Bonchev–Trinajstić information content (AvgIpc) is 2.32. The summed E-state index contributed by atoms with van der Waals surface area (Å²) in [4.78, 5) is 2.68. The van der Waals surface area contributed by atoms with E-state index in [0.29, 0.717) is 0 Å². The fraction of sp³-hybridized carbons (Fsp3) is 1.00. The van der Waals surface area contributed by atoms with Crippen LogP contribution in [0, 0.1) is 0 Å². The van der Waals surface area contributed by atoms with E-state index in [1.807, 2.05) is 0 Å². The summed E-state index contributed by atoms with van der Waals surface area (Å²) in [5.41, 5.74) is 0. The Morgan fingerprint density at radius 3 is 1.65 bits per heavy atom. The summed E-state index contributed by atoms with van der Waals surface area (Å²) in [5, 5.41) is 0. The molecule has 1 radical (unpaired) electrons. The van der Waals surface area contributed by atoms with Crippen LogP contribution in [0.5, 0.6) is 0 Å². The van der Waals surface area contributed by atoms with E-state index < -0.39 is 0 Å². The zero-order valence-electron chi connectivity index (χ0n) is 12.1. The van der Waals surface area contributed by atoms with Gasteiger partial charge in [0.1, 0.15) is 0 Å². The molecule has 0 rings (SSSR count). The van der Waals surface area contributed by atoms with Crippen molar-refractivity contribution < 1.29 is 3.80 Å². The fourth-order valence-corrected chi connectivity index (χ4v) is 1.88. The van der Waals surface area contributed by atoms with Crippen molar-refractivity contribution >= 4 is 28.6 Å². The second-order valence-electron chi connectivity index (χ2n) is 4.38. The maximum absolute atomic E-state index is 8.17. The first-order chi connectivity index (χ1) is 7.76. The maximum atomic E-state index is 8.17. The van der Waals surface area contributed by atoms with Crippen molar-refractivity contribution in [1.29, 1.82) is 0 Å². The van der Waals surface area contributed by atoms with E-state index >= 15 is 0 Å². The molecule has 0 saturated heterocycles. The molecular formula is C13H30AlClNO. The van der Waals surface area contributed by atoms with E-state index in [-0.39, 0.29) is 12.4 Å². The summed E-state index contributed by atoms with van der Waals surface area (Å²) in [7, 11) is 0. The molecule has 0 spiro atoms. The molecule has 0 aromatic carbocycles. The standard InChI is InChI=1S/C13H29N.Al.ClH.O/c1-5-8-11-14(12-9-6-2)13(4)10-7-3;;;/h13H,5-12H2,1-4H3;;1H;. The van der Waals surface area contributed by atoms with Gasteiger partial charge in [-0.2, -0.15) is 0 Å². The third kappa shape index (κ3) is 14.5. The summed E-state index contributed by atoms with van der Waals surface area (Å²) in [6, 6.07) is 0.790. The predicted molar refractivity (Wildman–Crippen MR) is 79.4 cm³/mol. The Balaban J connectivity index is -0.000000616. The summed E-state index contributed by atoms with van der Waals surface area (Å²) in [6.45, 7) is 11.8. The summed E-state index contributed by atoms with van der Waals surface area (Å²) in [6.07, 6.45) is 8.03. The second-order valence-corrected chi connectivity index (χ2v) is 4.38. The van der Waals surface area contributed by atoms with Crippen LogP contribution < -0.4 is 0 Å². The molecule has 0 N–H and O–H groups in total. The SMILES string of the molecule is CCCCN(CCCC)C(C)CCC.Cl.[O]=[Al]. The van der Waals surface area contributed by atoms with Gasteiger partial charge < -0.3 is 4.90 Å². The van der Waals surface area contributed by atoms with Gasteiger partial charge in [-0.05, 0) is 39.3 Å². The van der Waals surface area contributed by atoms with Gasteiger partial charge in [-0.3, -0.25) is 0 Å². The molecule has 0 aliphatic carbocycles. The van der Waals surface area contributed by atoms with Gasteiger partial charge in [0, 0.05) is 6.04 Å². The first-order valence-corrected chi connectivity index (χ1v) is 7.20. The molecule has 0 saturated carbocycles. The molecule has 0 fully saturated rings. The van der Waals surface area contributed by atoms with Crippen molar-refractivity contribution in [3.8, 4) is 0 Å². The van der Waals surface area contributed by atoms with Crippen molar-refractivity contribution in [2.45, 2.75) is 72.3 Å². The van der Waals surface area contributed by atoms with Gasteiger partial charge in [-0.15, -0.1) is 12.4 Å². The van der Waals surface area contributed by atoms with Crippen molar-refractivity contribution in [2.75, 3.05) is 13.1 Å². The average molecular weight is 279 g/mol. The molecule has 0 aromatic rings. The van der Waals surface area contributed by atoms with Gasteiger partial charge in [-0.1, -0.05) is 40.0 Å². The number of halogens is 1. The quantitative estimate of drug-likeness (QED) is 0.594. The van der Waals surface area contributed by atoms with Crippen LogP contribution in [0.2, 0.25) is 0 Å². The molecule has 4 heteroatoms. The summed E-state index contributed by atoms with van der Waals surface area (Å²) < 4.78 is 8.17. The monoisotopic (exact) mass is 278 g/mol. The Labute approximate surface area is 123 Å². The van der Waals surface area contributed by atoms with Gasteiger partial charge in [0.05, 0.1) is 0 Å². The van der Waals surface area contributed by atoms with E-state index in [4.69, 9.17) is 3.80 Å². The zero-order chi connectivity index (χ0) is 12.8. The Bertz CT molecular complexity index is 131. The molecule has 1 atom stereocenters.